The highest BCUT2D eigenvalue weighted by Gasteiger charge is 2.31. The van der Waals surface area contributed by atoms with Crippen molar-refractivity contribution in [2.75, 3.05) is 20.3 Å². The summed E-state index contributed by atoms with van der Waals surface area (Å²) in [6.07, 6.45) is -3.51. The van der Waals surface area contributed by atoms with Crippen LogP contribution in [-0.4, -0.2) is 39.0 Å². The molecule has 1 saturated heterocycles. The van der Waals surface area contributed by atoms with Crippen molar-refractivity contribution < 1.29 is 27.4 Å². The molecule has 0 radical (unpaired) electrons. The van der Waals surface area contributed by atoms with E-state index in [1.165, 1.54) is 12.1 Å². The van der Waals surface area contributed by atoms with Crippen LogP contribution in [0.4, 0.5) is 13.2 Å². The lowest BCUT2D eigenvalue weighted by Crippen LogP contribution is -2.32. The van der Waals surface area contributed by atoms with Crippen molar-refractivity contribution in [3.63, 3.8) is 0 Å². The quantitative estimate of drug-likeness (QED) is 0.876. The van der Waals surface area contributed by atoms with Gasteiger partial charge in [0, 0.05) is 12.5 Å². The van der Waals surface area contributed by atoms with Gasteiger partial charge in [-0.25, -0.2) is 0 Å². The van der Waals surface area contributed by atoms with Gasteiger partial charge in [0.1, 0.15) is 5.75 Å². The molecule has 0 spiro atoms. The third-order valence-corrected chi connectivity index (χ3v) is 3.22. The van der Waals surface area contributed by atoms with Gasteiger partial charge in [-0.15, -0.1) is 13.2 Å². The molecule has 1 unspecified atom stereocenters. The monoisotopic (exact) mass is 305 g/mol. The molecule has 1 aromatic carbocycles. The molecule has 1 atom stereocenters. The summed E-state index contributed by atoms with van der Waals surface area (Å²) in [6.45, 7) is 1.20. The predicted octanol–water partition coefficient (Wildman–Crippen LogP) is 2.48. The Morgan fingerprint density at radius 3 is 2.38 bits per heavy atom. The second-order valence-electron chi connectivity index (χ2n) is 4.79. The second kappa shape index (κ2) is 7.11. The van der Waals surface area contributed by atoms with E-state index in [9.17, 15) is 13.2 Å². The maximum absolute atomic E-state index is 12.1. The molecular formula is C14H18F3NO3. The fraction of sp³-hybridized carbons (Fsp3) is 0.571. The fourth-order valence-corrected chi connectivity index (χ4v) is 2.19. The number of hydrogen-bond donors (Lipinski definition) is 1. The maximum Gasteiger partial charge on any atom is 0.573 e. The first-order valence-corrected chi connectivity index (χ1v) is 6.71. The number of ether oxygens (including phenoxy) is 3. The van der Waals surface area contributed by atoms with Crippen LogP contribution in [0.3, 0.4) is 0 Å². The number of hydrogen-bond acceptors (Lipinski definition) is 4. The molecule has 1 N–H and O–H groups in total. The lowest BCUT2D eigenvalue weighted by molar-refractivity contribution is -0.274. The van der Waals surface area contributed by atoms with E-state index in [2.05, 4.69) is 10.1 Å². The Hall–Kier alpha value is -1.31. The number of halogens is 3. The minimum atomic E-state index is -4.66. The molecule has 0 bridgehead atoms. The van der Waals surface area contributed by atoms with Crippen molar-refractivity contribution in [3.05, 3.63) is 29.8 Å². The molecule has 0 saturated carbocycles. The zero-order chi connectivity index (χ0) is 15.3. The van der Waals surface area contributed by atoms with Crippen molar-refractivity contribution in [3.8, 4) is 5.75 Å². The molecule has 118 valence electrons. The third-order valence-electron chi connectivity index (χ3n) is 3.22. The summed E-state index contributed by atoms with van der Waals surface area (Å²) in [4.78, 5) is 0. The van der Waals surface area contributed by atoms with Gasteiger partial charge in [-0.1, -0.05) is 12.1 Å². The van der Waals surface area contributed by atoms with E-state index in [0.29, 0.717) is 26.1 Å². The molecule has 7 heteroatoms. The Bertz CT molecular complexity index is 430. The normalized spacial score (nSPS) is 17.9. The molecule has 0 aliphatic carbocycles. The van der Waals surface area contributed by atoms with E-state index < -0.39 is 6.36 Å². The van der Waals surface area contributed by atoms with Crippen molar-refractivity contribution in [1.29, 1.82) is 0 Å². The molecule has 1 aliphatic rings. The van der Waals surface area contributed by atoms with E-state index >= 15 is 0 Å². The van der Waals surface area contributed by atoms with Crippen LogP contribution in [0.25, 0.3) is 0 Å². The molecule has 2 rings (SSSR count). The SMILES string of the molecule is CNC(Cc1ccc(OC(F)(F)F)cc1)CC1OCCO1. The summed E-state index contributed by atoms with van der Waals surface area (Å²) < 4.78 is 50.8. The summed E-state index contributed by atoms with van der Waals surface area (Å²) >= 11 is 0. The van der Waals surface area contributed by atoms with Crippen LogP contribution < -0.4 is 10.1 Å². The highest BCUT2D eigenvalue weighted by molar-refractivity contribution is 5.28. The Morgan fingerprint density at radius 2 is 1.86 bits per heavy atom. The summed E-state index contributed by atoms with van der Waals surface area (Å²) in [5.41, 5.74) is 0.918. The van der Waals surface area contributed by atoms with Gasteiger partial charge in [0.05, 0.1) is 13.2 Å². The second-order valence-corrected chi connectivity index (χ2v) is 4.79. The first-order chi connectivity index (χ1) is 9.96. The van der Waals surface area contributed by atoms with Gasteiger partial charge in [0.25, 0.3) is 0 Å². The summed E-state index contributed by atoms with van der Waals surface area (Å²) in [5, 5.41) is 3.16. The molecule has 0 amide bonds. The zero-order valence-corrected chi connectivity index (χ0v) is 11.7. The largest absolute Gasteiger partial charge is 0.573 e. The molecule has 0 aromatic heterocycles. The van der Waals surface area contributed by atoms with Crippen LogP contribution in [0.5, 0.6) is 5.75 Å². The summed E-state index contributed by atoms with van der Waals surface area (Å²) in [5.74, 6) is -0.213. The van der Waals surface area contributed by atoms with E-state index in [0.717, 1.165) is 5.56 Å². The van der Waals surface area contributed by atoms with Crippen LogP contribution in [0, 0.1) is 0 Å². The van der Waals surface area contributed by atoms with Crippen molar-refractivity contribution in [2.45, 2.75) is 31.5 Å². The number of nitrogens with one attached hydrogen (secondary N) is 1. The molecule has 1 heterocycles. The molecule has 4 nitrogen and oxygen atoms in total. The van der Waals surface area contributed by atoms with Gasteiger partial charge in [-0.3, -0.25) is 0 Å². The standard InChI is InChI=1S/C14H18F3NO3/c1-18-11(9-13-19-6-7-20-13)8-10-2-4-12(5-3-10)21-14(15,16)17/h2-5,11,13,18H,6-9H2,1H3. The van der Waals surface area contributed by atoms with Crippen molar-refractivity contribution in [1.82, 2.24) is 5.32 Å². The molecule has 1 aliphatic heterocycles. The topological polar surface area (TPSA) is 39.7 Å². The lowest BCUT2D eigenvalue weighted by atomic mass is 10.0. The average molecular weight is 305 g/mol. The first-order valence-electron chi connectivity index (χ1n) is 6.71. The van der Waals surface area contributed by atoms with Crippen LogP contribution in [0.1, 0.15) is 12.0 Å². The van der Waals surface area contributed by atoms with Gasteiger partial charge in [0.2, 0.25) is 0 Å². The van der Waals surface area contributed by atoms with E-state index in [1.807, 2.05) is 7.05 Å². The van der Waals surface area contributed by atoms with Crippen molar-refractivity contribution >= 4 is 0 Å². The van der Waals surface area contributed by atoms with E-state index in [1.54, 1.807) is 12.1 Å². The Morgan fingerprint density at radius 1 is 1.24 bits per heavy atom. The molecule has 1 fully saturated rings. The van der Waals surface area contributed by atoms with Gasteiger partial charge in [0.15, 0.2) is 6.29 Å². The number of alkyl halides is 3. The van der Waals surface area contributed by atoms with Gasteiger partial charge >= 0.3 is 6.36 Å². The molecule has 21 heavy (non-hydrogen) atoms. The number of rotatable bonds is 6. The van der Waals surface area contributed by atoms with E-state index in [4.69, 9.17) is 9.47 Å². The van der Waals surface area contributed by atoms with Crippen LogP contribution in [-0.2, 0) is 15.9 Å². The van der Waals surface area contributed by atoms with Crippen LogP contribution in [0.2, 0.25) is 0 Å². The summed E-state index contributed by atoms with van der Waals surface area (Å²) in [7, 11) is 1.83. The Labute approximate surface area is 121 Å². The maximum atomic E-state index is 12.1. The first kappa shape index (κ1) is 16.1. The molecule has 1 aromatic rings. The third kappa shape index (κ3) is 5.53. The zero-order valence-electron chi connectivity index (χ0n) is 11.7. The van der Waals surface area contributed by atoms with Gasteiger partial charge in [-0.2, -0.15) is 0 Å². The Kier molecular flexibility index (Phi) is 5.44. The average Bonchev–Trinajstić information content (AvgIpc) is 2.91. The van der Waals surface area contributed by atoms with Crippen LogP contribution in [0.15, 0.2) is 24.3 Å². The highest BCUT2D eigenvalue weighted by atomic mass is 19.4. The number of likely N-dealkylation sites (N-methyl/N-ethyl adjacent to an activating group) is 1. The summed E-state index contributed by atoms with van der Waals surface area (Å²) in [6, 6.07) is 6.02. The smallest absolute Gasteiger partial charge is 0.406 e. The van der Waals surface area contributed by atoms with Crippen LogP contribution >= 0.6 is 0 Å². The van der Waals surface area contributed by atoms with Gasteiger partial charge in [-0.05, 0) is 31.2 Å². The molecular weight excluding hydrogens is 287 g/mol. The van der Waals surface area contributed by atoms with Crippen molar-refractivity contribution in [2.24, 2.45) is 0 Å². The lowest BCUT2D eigenvalue weighted by Gasteiger charge is -2.19. The van der Waals surface area contributed by atoms with Gasteiger partial charge < -0.3 is 19.5 Å². The predicted molar refractivity (Wildman–Crippen MR) is 70.0 cm³/mol. The van der Waals surface area contributed by atoms with E-state index in [-0.39, 0.29) is 18.1 Å². The fourth-order valence-electron chi connectivity index (χ4n) is 2.19. The highest BCUT2D eigenvalue weighted by Crippen LogP contribution is 2.23. The minimum absolute atomic E-state index is 0.127. The Balaban J connectivity index is 1.88. The number of benzene rings is 1. The minimum Gasteiger partial charge on any atom is -0.406 e.